The van der Waals surface area contributed by atoms with Crippen LogP contribution in [0, 0.1) is 0 Å². The second-order valence-corrected chi connectivity index (χ2v) is 6.70. The van der Waals surface area contributed by atoms with Gasteiger partial charge in [0.25, 0.3) is 0 Å². The van der Waals surface area contributed by atoms with Crippen LogP contribution in [0.2, 0.25) is 0 Å². The second kappa shape index (κ2) is 5.80. The van der Waals surface area contributed by atoms with Crippen molar-refractivity contribution < 1.29 is 18.3 Å². The van der Waals surface area contributed by atoms with Crippen LogP contribution in [0.25, 0.3) is 0 Å². The molecule has 6 nitrogen and oxygen atoms in total. The standard InChI is InChI=1S/C13H18N2O4S/c1-14-20(18,19)12-8-9(13(16)17)6-7-11(12)15-10-4-2-3-5-10/h6-8,10,14-15H,2-5H2,1H3,(H,16,17). The molecule has 7 heteroatoms. The Morgan fingerprint density at radius 1 is 1.30 bits per heavy atom. The fraction of sp³-hybridized carbons (Fsp3) is 0.462. The number of sulfonamides is 1. The molecule has 0 spiro atoms. The average Bonchev–Trinajstić information content (AvgIpc) is 2.91. The maximum absolute atomic E-state index is 12.0. The SMILES string of the molecule is CNS(=O)(=O)c1cc(C(=O)O)ccc1NC1CCCC1. The van der Waals surface area contributed by atoms with E-state index in [4.69, 9.17) is 5.11 Å². The largest absolute Gasteiger partial charge is 0.478 e. The quantitative estimate of drug-likeness (QED) is 0.768. The predicted molar refractivity (Wildman–Crippen MR) is 75.5 cm³/mol. The third-order valence-corrected chi connectivity index (χ3v) is 4.96. The summed E-state index contributed by atoms with van der Waals surface area (Å²) in [5.74, 6) is -1.15. The average molecular weight is 298 g/mol. The van der Waals surface area contributed by atoms with Crippen LogP contribution in [0.5, 0.6) is 0 Å². The third-order valence-electron chi connectivity index (χ3n) is 3.50. The first-order valence-electron chi connectivity index (χ1n) is 6.51. The topological polar surface area (TPSA) is 95.5 Å². The molecule has 0 radical (unpaired) electrons. The lowest BCUT2D eigenvalue weighted by Gasteiger charge is -2.17. The van der Waals surface area contributed by atoms with Gasteiger partial charge in [-0.05, 0) is 38.1 Å². The molecule has 0 saturated heterocycles. The van der Waals surface area contributed by atoms with Crippen LogP contribution in [-0.2, 0) is 10.0 Å². The number of nitrogens with one attached hydrogen (secondary N) is 2. The van der Waals surface area contributed by atoms with Gasteiger partial charge in [-0.3, -0.25) is 0 Å². The minimum atomic E-state index is -3.70. The van der Waals surface area contributed by atoms with Crippen LogP contribution in [0.1, 0.15) is 36.0 Å². The number of carboxylic acids is 1. The molecular weight excluding hydrogens is 280 g/mol. The molecule has 1 aliphatic carbocycles. The molecular formula is C13H18N2O4S. The summed E-state index contributed by atoms with van der Waals surface area (Å²) in [5.41, 5.74) is 0.409. The van der Waals surface area contributed by atoms with Crippen molar-refractivity contribution in [2.24, 2.45) is 0 Å². The van der Waals surface area contributed by atoms with Gasteiger partial charge < -0.3 is 10.4 Å². The van der Waals surface area contributed by atoms with Crippen molar-refractivity contribution >= 4 is 21.7 Å². The maximum atomic E-state index is 12.0. The molecule has 0 heterocycles. The number of aromatic carboxylic acids is 1. The van der Waals surface area contributed by atoms with Crippen molar-refractivity contribution in [1.82, 2.24) is 4.72 Å². The van der Waals surface area contributed by atoms with Gasteiger partial charge in [-0.1, -0.05) is 12.8 Å². The van der Waals surface area contributed by atoms with E-state index >= 15 is 0 Å². The van der Waals surface area contributed by atoms with E-state index < -0.39 is 16.0 Å². The van der Waals surface area contributed by atoms with Gasteiger partial charge in [0.15, 0.2) is 0 Å². The number of carboxylic acid groups (broad SMARTS) is 1. The van der Waals surface area contributed by atoms with E-state index in [1.807, 2.05) is 0 Å². The van der Waals surface area contributed by atoms with E-state index in [2.05, 4.69) is 10.0 Å². The number of benzene rings is 1. The molecule has 1 aromatic rings. The molecule has 110 valence electrons. The van der Waals surface area contributed by atoms with E-state index in [9.17, 15) is 13.2 Å². The van der Waals surface area contributed by atoms with Crippen molar-refractivity contribution in [3.63, 3.8) is 0 Å². The minimum absolute atomic E-state index is 0.0215. The Morgan fingerprint density at radius 3 is 2.50 bits per heavy atom. The van der Waals surface area contributed by atoms with Crippen molar-refractivity contribution in [2.45, 2.75) is 36.6 Å². The smallest absolute Gasteiger partial charge is 0.335 e. The lowest BCUT2D eigenvalue weighted by atomic mass is 10.2. The van der Waals surface area contributed by atoms with Crippen LogP contribution in [0.15, 0.2) is 23.1 Å². The number of hydrogen-bond donors (Lipinski definition) is 3. The van der Waals surface area contributed by atoms with Crippen LogP contribution in [0.3, 0.4) is 0 Å². The van der Waals surface area contributed by atoms with E-state index in [1.54, 1.807) is 0 Å². The zero-order chi connectivity index (χ0) is 14.8. The molecule has 2 rings (SSSR count). The Morgan fingerprint density at radius 2 is 1.95 bits per heavy atom. The van der Waals surface area contributed by atoms with E-state index in [0.29, 0.717) is 5.69 Å². The molecule has 0 atom stereocenters. The van der Waals surface area contributed by atoms with Crippen LogP contribution < -0.4 is 10.0 Å². The number of rotatable bonds is 5. The molecule has 0 aromatic heterocycles. The van der Waals surface area contributed by atoms with Crippen LogP contribution in [-0.4, -0.2) is 32.6 Å². The van der Waals surface area contributed by atoms with Crippen LogP contribution >= 0.6 is 0 Å². The lowest BCUT2D eigenvalue weighted by Crippen LogP contribution is -2.23. The van der Waals surface area contributed by atoms with Crippen molar-refractivity contribution in [3.05, 3.63) is 23.8 Å². The second-order valence-electron chi connectivity index (χ2n) is 4.85. The predicted octanol–water partition coefficient (Wildman–Crippen LogP) is 1.65. The summed E-state index contributed by atoms with van der Waals surface area (Å²) in [6, 6.07) is 4.36. The van der Waals surface area contributed by atoms with Crippen molar-refractivity contribution in [2.75, 3.05) is 12.4 Å². The molecule has 3 N–H and O–H groups in total. The zero-order valence-electron chi connectivity index (χ0n) is 11.2. The Hall–Kier alpha value is -1.60. The van der Waals surface area contributed by atoms with Gasteiger partial charge in [-0.15, -0.1) is 0 Å². The first-order valence-corrected chi connectivity index (χ1v) is 8.00. The highest BCUT2D eigenvalue weighted by Crippen LogP contribution is 2.27. The molecule has 0 aliphatic heterocycles. The molecule has 1 aromatic carbocycles. The van der Waals surface area contributed by atoms with Gasteiger partial charge in [0.05, 0.1) is 11.3 Å². The molecule has 1 saturated carbocycles. The summed E-state index contributed by atoms with van der Waals surface area (Å²) < 4.78 is 26.3. The summed E-state index contributed by atoms with van der Waals surface area (Å²) in [6.45, 7) is 0. The Balaban J connectivity index is 2.41. The Bertz CT molecular complexity index is 607. The van der Waals surface area contributed by atoms with Crippen molar-refractivity contribution in [1.29, 1.82) is 0 Å². The van der Waals surface area contributed by atoms with E-state index in [1.165, 1.54) is 25.2 Å². The van der Waals surface area contributed by atoms with Gasteiger partial charge >= 0.3 is 5.97 Å². The highest BCUT2D eigenvalue weighted by Gasteiger charge is 2.22. The zero-order valence-corrected chi connectivity index (χ0v) is 12.0. The normalized spacial score (nSPS) is 16.2. The van der Waals surface area contributed by atoms with Gasteiger partial charge in [-0.2, -0.15) is 0 Å². The monoisotopic (exact) mass is 298 g/mol. The minimum Gasteiger partial charge on any atom is -0.478 e. The number of anilines is 1. The molecule has 0 unspecified atom stereocenters. The fourth-order valence-corrected chi connectivity index (χ4v) is 3.32. The molecule has 20 heavy (non-hydrogen) atoms. The molecule has 0 amide bonds. The first kappa shape index (κ1) is 14.8. The molecule has 0 bridgehead atoms. The Kier molecular flexibility index (Phi) is 4.29. The van der Waals surface area contributed by atoms with Gasteiger partial charge in [0.1, 0.15) is 4.90 Å². The summed E-state index contributed by atoms with van der Waals surface area (Å²) in [5, 5.41) is 12.2. The molecule has 1 aliphatic rings. The summed E-state index contributed by atoms with van der Waals surface area (Å²) in [6.07, 6.45) is 4.25. The summed E-state index contributed by atoms with van der Waals surface area (Å²) in [4.78, 5) is 11.0. The van der Waals surface area contributed by atoms with Gasteiger partial charge in [0, 0.05) is 6.04 Å². The molecule has 1 fully saturated rings. The summed E-state index contributed by atoms with van der Waals surface area (Å²) in [7, 11) is -2.39. The maximum Gasteiger partial charge on any atom is 0.335 e. The summed E-state index contributed by atoms with van der Waals surface area (Å²) >= 11 is 0. The first-order chi connectivity index (χ1) is 9.44. The van der Waals surface area contributed by atoms with Gasteiger partial charge in [-0.25, -0.2) is 17.9 Å². The Labute approximate surface area is 118 Å². The van der Waals surface area contributed by atoms with E-state index in [0.717, 1.165) is 25.7 Å². The highest BCUT2D eigenvalue weighted by molar-refractivity contribution is 7.89. The highest BCUT2D eigenvalue weighted by atomic mass is 32.2. The third kappa shape index (κ3) is 3.10. The number of carbonyl (C=O) groups is 1. The lowest BCUT2D eigenvalue weighted by molar-refractivity contribution is 0.0696. The van der Waals surface area contributed by atoms with Crippen molar-refractivity contribution in [3.8, 4) is 0 Å². The van der Waals surface area contributed by atoms with Crippen LogP contribution in [0.4, 0.5) is 5.69 Å². The van der Waals surface area contributed by atoms with Gasteiger partial charge in [0.2, 0.25) is 10.0 Å². The fourth-order valence-electron chi connectivity index (χ4n) is 2.40. The number of hydrogen-bond acceptors (Lipinski definition) is 4. The van der Waals surface area contributed by atoms with E-state index in [-0.39, 0.29) is 16.5 Å².